The van der Waals surface area contributed by atoms with Crippen LogP contribution >= 0.6 is 11.6 Å². The first-order valence-corrected chi connectivity index (χ1v) is 7.70. The molecule has 0 spiro atoms. The van der Waals surface area contributed by atoms with Crippen LogP contribution in [0.1, 0.15) is 25.0 Å². The van der Waals surface area contributed by atoms with Gasteiger partial charge in [-0.25, -0.2) is 0 Å². The standard InChI is InChI=1S/C18H20ClNO2/c1-4-14-7-5-6-8-17(14)22-13(3)18(21)20-16-10-9-15(19)11-12(16)2/h5-11,13H,4H2,1-3H3,(H,20,21)/t13-/m1/s1. The molecule has 0 bridgehead atoms. The SMILES string of the molecule is CCc1ccccc1O[C@H](C)C(=O)Nc1ccc(Cl)cc1C. The molecule has 0 fully saturated rings. The van der Waals surface area contributed by atoms with Crippen molar-refractivity contribution in [3.63, 3.8) is 0 Å². The molecule has 0 saturated carbocycles. The summed E-state index contributed by atoms with van der Waals surface area (Å²) < 4.78 is 5.80. The predicted octanol–water partition coefficient (Wildman–Crippen LogP) is 4.62. The average Bonchev–Trinajstić information content (AvgIpc) is 2.50. The van der Waals surface area contributed by atoms with Crippen LogP contribution in [-0.4, -0.2) is 12.0 Å². The van der Waals surface area contributed by atoms with Crippen LogP contribution < -0.4 is 10.1 Å². The van der Waals surface area contributed by atoms with Crippen LogP contribution in [0.2, 0.25) is 5.02 Å². The lowest BCUT2D eigenvalue weighted by Crippen LogP contribution is -2.30. The molecule has 116 valence electrons. The summed E-state index contributed by atoms with van der Waals surface area (Å²) in [6.45, 7) is 5.70. The summed E-state index contributed by atoms with van der Waals surface area (Å²) in [4.78, 5) is 12.3. The molecule has 2 aromatic carbocycles. The van der Waals surface area contributed by atoms with Gasteiger partial charge in [0.2, 0.25) is 0 Å². The summed E-state index contributed by atoms with van der Waals surface area (Å²) in [5.41, 5.74) is 2.75. The lowest BCUT2D eigenvalue weighted by molar-refractivity contribution is -0.122. The molecule has 4 heteroatoms. The third-order valence-electron chi connectivity index (χ3n) is 3.47. The van der Waals surface area contributed by atoms with E-state index in [0.717, 1.165) is 29.0 Å². The lowest BCUT2D eigenvalue weighted by atomic mass is 10.1. The Bertz CT molecular complexity index is 670. The average molecular weight is 318 g/mol. The molecule has 0 radical (unpaired) electrons. The van der Waals surface area contributed by atoms with E-state index in [2.05, 4.69) is 12.2 Å². The van der Waals surface area contributed by atoms with Crippen molar-refractivity contribution in [1.82, 2.24) is 0 Å². The third kappa shape index (κ3) is 4.01. The zero-order valence-electron chi connectivity index (χ0n) is 13.0. The zero-order valence-corrected chi connectivity index (χ0v) is 13.8. The molecule has 3 nitrogen and oxygen atoms in total. The molecule has 0 aliphatic carbocycles. The van der Waals surface area contributed by atoms with Crippen molar-refractivity contribution in [3.05, 3.63) is 58.6 Å². The van der Waals surface area contributed by atoms with Gasteiger partial charge in [0.15, 0.2) is 6.10 Å². The van der Waals surface area contributed by atoms with Gasteiger partial charge in [-0.05, 0) is 55.7 Å². The van der Waals surface area contributed by atoms with E-state index >= 15 is 0 Å². The number of halogens is 1. The van der Waals surface area contributed by atoms with Crippen LogP contribution in [0, 0.1) is 6.92 Å². The Morgan fingerprint density at radius 2 is 2.00 bits per heavy atom. The highest BCUT2D eigenvalue weighted by molar-refractivity contribution is 6.30. The van der Waals surface area contributed by atoms with Gasteiger partial charge < -0.3 is 10.1 Å². The first kappa shape index (κ1) is 16.4. The van der Waals surface area contributed by atoms with E-state index in [0.29, 0.717) is 5.02 Å². The lowest BCUT2D eigenvalue weighted by Gasteiger charge is -2.17. The maximum Gasteiger partial charge on any atom is 0.265 e. The molecular formula is C18H20ClNO2. The Morgan fingerprint density at radius 1 is 1.27 bits per heavy atom. The molecule has 0 aliphatic rings. The number of benzene rings is 2. The number of carbonyl (C=O) groups excluding carboxylic acids is 1. The van der Waals surface area contributed by atoms with Crippen LogP contribution in [0.4, 0.5) is 5.69 Å². The number of amides is 1. The highest BCUT2D eigenvalue weighted by Gasteiger charge is 2.16. The second kappa shape index (κ2) is 7.32. The summed E-state index contributed by atoms with van der Waals surface area (Å²) in [6, 6.07) is 13.1. The molecule has 0 unspecified atom stereocenters. The second-order valence-electron chi connectivity index (χ2n) is 5.17. The fraction of sp³-hybridized carbons (Fsp3) is 0.278. The topological polar surface area (TPSA) is 38.3 Å². The minimum Gasteiger partial charge on any atom is -0.481 e. The van der Waals surface area contributed by atoms with Gasteiger partial charge in [0, 0.05) is 10.7 Å². The van der Waals surface area contributed by atoms with Crippen molar-refractivity contribution in [2.45, 2.75) is 33.3 Å². The summed E-state index contributed by atoms with van der Waals surface area (Å²) in [6.07, 6.45) is 0.281. The Morgan fingerprint density at radius 3 is 2.68 bits per heavy atom. The number of nitrogens with one attached hydrogen (secondary N) is 1. The number of aryl methyl sites for hydroxylation is 2. The van der Waals surface area contributed by atoms with Gasteiger partial charge in [0.05, 0.1) is 0 Å². The first-order valence-electron chi connectivity index (χ1n) is 7.33. The van der Waals surface area contributed by atoms with Crippen LogP contribution in [0.25, 0.3) is 0 Å². The van der Waals surface area contributed by atoms with Gasteiger partial charge in [-0.1, -0.05) is 36.7 Å². The molecule has 1 N–H and O–H groups in total. The smallest absolute Gasteiger partial charge is 0.265 e. The summed E-state index contributed by atoms with van der Waals surface area (Å²) in [5.74, 6) is 0.566. The molecule has 0 aliphatic heterocycles. The number of carbonyl (C=O) groups is 1. The molecule has 0 heterocycles. The van der Waals surface area contributed by atoms with Gasteiger partial charge in [-0.3, -0.25) is 4.79 Å². The fourth-order valence-corrected chi connectivity index (χ4v) is 2.38. The molecule has 0 saturated heterocycles. The van der Waals surface area contributed by atoms with Crippen molar-refractivity contribution >= 4 is 23.2 Å². The zero-order chi connectivity index (χ0) is 16.1. The normalized spacial score (nSPS) is 11.8. The summed E-state index contributed by atoms with van der Waals surface area (Å²) in [5, 5.41) is 3.52. The molecule has 1 atom stereocenters. The van der Waals surface area contributed by atoms with Gasteiger partial charge in [-0.15, -0.1) is 0 Å². The molecule has 0 aromatic heterocycles. The Labute approximate surface area is 136 Å². The van der Waals surface area contributed by atoms with Crippen LogP contribution in [0.5, 0.6) is 5.75 Å². The predicted molar refractivity (Wildman–Crippen MR) is 90.7 cm³/mol. The highest BCUT2D eigenvalue weighted by Crippen LogP contribution is 2.22. The van der Waals surface area contributed by atoms with E-state index in [1.54, 1.807) is 19.1 Å². The van der Waals surface area contributed by atoms with Crippen molar-refractivity contribution in [2.75, 3.05) is 5.32 Å². The maximum atomic E-state index is 12.3. The van der Waals surface area contributed by atoms with Crippen LogP contribution in [0.15, 0.2) is 42.5 Å². The third-order valence-corrected chi connectivity index (χ3v) is 3.71. The van der Waals surface area contributed by atoms with Crippen molar-refractivity contribution in [2.24, 2.45) is 0 Å². The van der Waals surface area contributed by atoms with Crippen molar-refractivity contribution < 1.29 is 9.53 Å². The van der Waals surface area contributed by atoms with E-state index in [9.17, 15) is 4.79 Å². The number of rotatable bonds is 5. The maximum absolute atomic E-state index is 12.3. The van der Waals surface area contributed by atoms with E-state index in [4.69, 9.17) is 16.3 Å². The Hall–Kier alpha value is -2.00. The molecule has 22 heavy (non-hydrogen) atoms. The Kier molecular flexibility index (Phi) is 5.45. The second-order valence-corrected chi connectivity index (χ2v) is 5.61. The van der Waals surface area contributed by atoms with E-state index in [1.165, 1.54) is 0 Å². The molecule has 2 rings (SSSR count). The molecular weight excluding hydrogens is 298 g/mol. The van der Waals surface area contributed by atoms with Crippen LogP contribution in [-0.2, 0) is 11.2 Å². The minimum absolute atomic E-state index is 0.184. The monoisotopic (exact) mass is 317 g/mol. The number of hydrogen-bond donors (Lipinski definition) is 1. The van der Waals surface area contributed by atoms with Crippen molar-refractivity contribution in [3.8, 4) is 5.75 Å². The number of anilines is 1. The van der Waals surface area contributed by atoms with E-state index in [-0.39, 0.29) is 5.91 Å². The molecule has 2 aromatic rings. The number of para-hydroxylation sites is 1. The number of hydrogen-bond acceptors (Lipinski definition) is 2. The van der Waals surface area contributed by atoms with Gasteiger partial charge >= 0.3 is 0 Å². The molecule has 1 amide bonds. The van der Waals surface area contributed by atoms with E-state index < -0.39 is 6.10 Å². The number of ether oxygens (including phenoxy) is 1. The van der Waals surface area contributed by atoms with Crippen LogP contribution in [0.3, 0.4) is 0 Å². The van der Waals surface area contributed by atoms with Gasteiger partial charge in [0.1, 0.15) is 5.75 Å². The quantitative estimate of drug-likeness (QED) is 0.874. The van der Waals surface area contributed by atoms with Crippen molar-refractivity contribution in [1.29, 1.82) is 0 Å². The van der Waals surface area contributed by atoms with Gasteiger partial charge in [-0.2, -0.15) is 0 Å². The highest BCUT2D eigenvalue weighted by atomic mass is 35.5. The summed E-state index contributed by atoms with van der Waals surface area (Å²) >= 11 is 5.92. The first-order chi connectivity index (χ1) is 10.5. The van der Waals surface area contributed by atoms with E-state index in [1.807, 2.05) is 37.3 Å². The largest absolute Gasteiger partial charge is 0.481 e. The Balaban J connectivity index is 2.06. The fourth-order valence-electron chi connectivity index (χ4n) is 2.16. The minimum atomic E-state index is -0.581. The summed E-state index contributed by atoms with van der Waals surface area (Å²) in [7, 11) is 0. The van der Waals surface area contributed by atoms with Gasteiger partial charge in [0.25, 0.3) is 5.91 Å².